The van der Waals surface area contributed by atoms with Crippen molar-refractivity contribution in [1.29, 1.82) is 5.26 Å². The molecule has 0 aromatic carbocycles. The Balaban J connectivity index is 2.30. The summed E-state index contributed by atoms with van der Waals surface area (Å²) in [6.45, 7) is 0. The number of aromatic nitrogens is 2. The van der Waals surface area contributed by atoms with Crippen molar-refractivity contribution in [1.82, 2.24) is 9.97 Å². The van der Waals surface area contributed by atoms with E-state index in [4.69, 9.17) is 5.26 Å². The van der Waals surface area contributed by atoms with E-state index >= 15 is 0 Å². The molecule has 0 unspecified atom stereocenters. The second kappa shape index (κ2) is 4.60. The molecule has 0 radical (unpaired) electrons. The Labute approximate surface area is 105 Å². The van der Waals surface area contributed by atoms with Crippen molar-refractivity contribution < 1.29 is 0 Å². The number of hydrogen-bond donors (Lipinski definition) is 0. The first-order valence-corrected chi connectivity index (χ1v) is 6.03. The number of halogens is 1. The van der Waals surface area contributed by atoms with Crippen molar-refractivity contribution in [3.63, 3.8) is 0 Å². The summed E-state index contributed by atoms with van der Waals surface area (Å²) >= 11 is 5.02. The largest absolute Gasteiger partial charge is 0.250 e. The molecule has 2 aromatic heterocycles. The Morgan fingerprint density at radius 2 is 2.06 bits per heavy atom. The molecule has 0 N–H and O–H groups in total. The maximum absolute atomic E-state index is 8.67. The van der Waals surface area contributed by atoms with Gasteiger partial charge in [-0.2, -0.15) is 5.26 Å². The molecule has 4 nitrogen and oxygen atoms in total. The van der Waals surface area contributed by atoms with Crippen LogP contribution in [0.15, 0.2) is 28.3 Å². The van der Waals surface area contributed by atoms with Crippen LogP contribution in [0.4, 0.5) is 5.95 Å². The van der Waals surface area contributed by atoms with Gasteiger partial charge in [-0.3, -0.25) is 4.90 Å². The van der Waals surface area contributed by atoms with Crippen LogP contribution in [0.5, 0.6) is 0 Å². The third-order valence-electron chi connectivity index (χ3n) is 1.95. The third kappa shape index (κ3) is 2.21. The zero-order chi connectivity index (χ0) is 11.5. The monoisotopic (exact) mass is 294 g/mol. The Bertz CT molecular complexity index is 528. The highest BCUT2D eigenvalue weighted by Crippen LogP contribution is 2.30. The van der Waals surface area contributed by atoms with Crippen molar-refractivity contribution in [2.24, 2.45) is 0 Å². The molecular weight excluding hydrogens is 288 g/mol. The summed E-state index contributed by atoms with van der Waals surface area (Å²) in [6.07, 6.45) is 5.38. The molecule has 0 spiro atoms. The van der Waals surface area contributed by atoms with E-state index in [1.165, 1.54) is 4.90 Å². The van der Waals surface area contributed by atoms with Crippen LogP contribution in [0.1, 0.15) is 0 Å². The highest BCUT2D eigenvalue weighted by molar-refractivity contribution is 9.11. The fraction of sp³-hybridized carbons (Fsp3) is 0.100. The van der Waals surface area contributed by atoms with Gasteiger partial charge in [0, 0.05) is 29.9 Å². The van der Waals surface area contributed by atoms with Crippen molar-refractivity contribution in [3.8, 4) is 16.6 Å². The van der Waals surface area contributed by atoms with E-state index in [0.717, 1.165) is 14.2 Å². The fourth-order valence-corrected chi connectivity index (χ4v) is 2.50. The molecule has 0 aliphatic rings. The molecule has 16 heavy (non-hydrogen) atoms. The van der Waals surface area contributed by atoms with Crippen LogP contribution in [-0.4, -0.2) is 17.0 Å². The minimum atomic E-state index is 0.405. The van der Waals surface area contributed by atoms with E-state index in [9.17, 15) is 0 Å². The maximum Gasteiger partial charge on any atom is 0.238 e. The maximum atomic E-state index is 8.67. The Morgan fingerprint density at radius 3 is 2.56 bits per heavy atom. The van der Waals surface area contributed by atoms with Crippen LogP contribution in [0.2, 0.25) is 0 Å². The van der Waals surface area contributed by atoms with Gasteiger partial charge in [0.05, 0.1) is 3.79 Å². The van der Waals surface area contributed by atoms with Gasteiger partial charge in [0.1, 0.15) is 0 Å². The van der Waals surface area contributed by atoms with E-state index in [1.54, 1.807) is 30.8 Å². The first-order chi connectivity index (χ1) is 7.70. The van der Waals surface area contributed by atoms with Gasteiger partial charge in [0.15, 0.2) is 6.19 Å². The van der Waals surface area contributed by atoms with Crippen LogP contribution in [0.25, 0.3) is 10.4 Å². The molecule has 0 amide bonds. The fourth-order valence-electron chi connectivity index (χ4n) is 1.14. The highest BCUT2D eigenvalue weighted by atomic mass is 79.9. The number of hydrogen-bond acceptors (Lipinski definition) is 5. The second-order valence-electron chi connectivity index (χ2n) is 3.03. The van der Waals surface area contributed by atoms with E-state index < -0.39 is 0 Å². The standard InChI is InChI=1S/C10H7BrN4S/c1-15(6-12)10-13-4-7(5-14-10)8-2-3-9(11)16-8/h2-5H,1H3. The molecule has 0 aliphatic heterocycles. The van der Waals surface area contributed by atoms with E-state index in [1.807, 2.05) is 18.3 Å². The summed E-state index contributed by atoms with van der Waals surface area (Å²) in [4.78, 5) is 10.6. The lowest BCUT2D eigenvalue weighted by Gasteiger charge is -2.05. The summed E-state index contributed by atoms with van der Waals surface area (Å²) in [5.41, 5.74) is 0.950. The van der Waals surface area contributed by atoms with Crippen molar-refractivity contribution in [2.45, 2.75) is 0 Å². The Morgan fingerprint density at radius 1 is 1.38 bits per heavy atom. The lowest BCUT2D eigenvalue weighted by Crippen LogP contribution is -2.11. The predicted octanol–water partition coefficient (Wildman–Crippen LogP) is 2.88. The van der Waals surface area contributed by atoms with Crippen LogP contribution in [-0.2, 0) is 0 Å². The molecule has 2 heterocycles. The van der Waals surface area contributed by atoms with Crippen LogP contribution >= 0.6 is 27.3 Å². The molecular formula is C10H7BrN4S. The number of thiophene rings is 1. The summed E-state index contributed by atoms with van der Waals surface area (Å²) in [5.74, 6) is 0.405. The molecule has 0 saturated heterocycles. The lowest BCUT2D eigenvalue weighted by molar-refractivity contribution is 1.05. The number of nitriles is 1. The Hall–Kier alpha value is -1.45. The van der Waals surface area contributed by atoms with E-state index in [2.05, 4.69) is 25.9 Å². The third-order valence-corrected chi connectivity index (χ3v) is 3.62. The molecule has 0 aliphatic carbocycles. The van der Waals surface area contributed by atoms with Gasteiger partial charge in [-0.15, -0.1) is 11.3 Å². The molecule has 0 fully saturated rings. The van der Waals surface area contributed by atoms with Crippen LogP contribution < -0.4 is 4.90 Å². The van der Waals surface area contributed by atoms with Crippen molar-refractivity contribution >= 4 is 33.2 Å². The van der Waals surface area contributed by atoms with E-state index in [0.29, 0.717) is 5.95 Å². The first-order valence-electron chi connectivity index (χ1n) is 4.42. The summed E-state index contributed by atoms with van der Waals surface area (Å²) in [5, 5.41) is 8.67. The SMILES string of the molecule is CN(C#N)c1ncc(-c2ccc(Br)s2)cn1. The summed E-state index contributed by atoms with van der Waals surface area (Å²) < 4.78 is 1.07. The molecule has 2 rings (SSSR count). The van der Waals surface area contributed by atoms with Gasteiger partial charge in [-0.05, 0) is 28.1 Å². The number of anilines is 1. The lowest BCUT2D eigenvalue weighted by atomic mass is 10.3. The van der Waals surface area contributed by atoms with Gasteiger partial charge in [-0.1, -0.05) is 0 Å². The molecule has 80 valence electrons. The number of rotatable bonds is 2. The molecule has 0 bridgehead atoms. The Kier molecular flexibility index (Phi) is 3.17. The van der Waals surface area contributed by atoms with Crippen molar-refractivity contribution in [2.75, 3.05) is 11.9 Å². The molecule has 6 heteroatoms. The number of nitrogens with zero attached hydrogens (tertiary/aromatic N) is 4. The predicted molar refractivity (Wildman–Crippen MR) is 67.1 cm³/mol. The van der Waals surface area contributed by atoms with Gasteiger partial charge < -0.3 is 0 Å². The first kappa shape index (κ1) is 11.0. The highest BCUT2D eigenvalue weighted by Gasteiger charge is 2.05. The topological polar surface area (TPSA) is 52.8 Å². The minimum absolute atomic E-state index is 0.405. The van der Waals surface area contributed by atoms with Crippen LogP contribution in [0, 0.1) is 11.5 Å². The average Bonchev–Trinajstić information content (AvgIpc) is 2.75. The quantitative estimate of drug-likeness (QED) is 0.631. The zero-order valence-corrected chi connectivity index (χ0v) is 10.8. The van der Waals surface area contributed by atoms with Crippen molar-refractivity contribution in [3.05, 3.63) is 28.3 Å². The normalized spacial score (nSPS) is 9.81. The zero-order valence-electron chi connectivity index (χ0n) is 8.38. The summed E-state index contributed by atoms with van der Waals surface area (Å²) in [6, 6.07) is 3.98. The smallest absolute Gasteiger partial charge is 0.238 e. The second-order valence-corrected chi connectivity index (χ2v) is 5.50. The minimum Gasteiger partial charge on any atom is -0.250 e. The van der Waals surface area contributed by atoms with Gasteiger partial charge in [0.2, 0.25) is 5.95 Å². The van der Waals surface area contributed by atoms with Gasteiger partial charge >= 0.3 is 0 Å². The average molecular weight is 295 g/mol. The van der Waals surface area contributed by atoms with Gasteiger partial charge in [-0.25, -0.2) is 9.97 Å². The van der Waals surface area contributed by atoms with E-state index in [-0.39, 0.29) is 0 Å². The molecule has 2 aromatic rings. The molecule has 0 atom stereocenters. The summed E-state index contributed by atoms with van der Waals surface area (Å²) in [7, 11) is 1.62. The van der Waals surface area contributed by atoms with Crippen LogP contribution in [0.3, 0.4) is 0 Å². The molecule has 0 saturated carbocycles. The van der Waals surface area contributed by atoms with Gasteiger partial charge in [0.25, 0.3) is 0 Å².